The molecule has 0 atom stereocenters. The van der Waals surface area contributed by atoms with Crippen LogP contribution in [0.4, 0.5) is 5.69 Å². The third-order valence-electron chi connectivity index (χ3n) is 3.38. The molecule has 1 saturated carbocycles. The molecule has 106 valence electrons. The van der Waals surface area contributed by atoms with Crippen molar-refractivity contribution in [3.63, 3.8) is 0 Å². The lowest BCUT2D eigenvalue weighted by molar-refractivity contribution is -0.134. The van der Waals surface area contributed by atoms with Crippen molar-refractivity contribution in [2.24, 2.45) is 5.41 Å². The number of anilines is 1. The van der Waals surface area contributed by atoms with Gasteiger partial charge in [-0.05, 0) is 25.0 Å². The van der Waals surface area contributed by atoms with Crippen LogP contribution in [-0.4, -0.2) is 25.5 Å². The Hall–Kier alpha value is -2.30. The van der Waals surface area contributed by atoms with Crippen LogP contribution >= 0.6 is 0 Å². The molecule has 0 radical (unpaired) electrons. The first-order chi connectivity index (χ1) is 9.64. The highest BCUT2D eigenvalue weighted by atomic mass is 16.5. The molecule has 2 rings (SSSR count). The Morgan fingerprint density at radius 2 is 2.05 bits per heavy atom. The Morgan fingerprint density at radius 1 is 1.35 bits per heavy atom. The van der Waals surface area contributed by atoms with Crippen molar-refractivity contribution in [1.29, 1.82) is 0 Å². The van der Waals surface area contributed by atoms with Gasteiger partial charge in [-0.3, -0.25) is 9.59 Å². The van der Waals surface area contributed by atoms with Gasteiger partial charge in [-0.1, -0.05) is 18.2 Å². The van der Waals surface area contributed by atoms with E-state index in [0.717, 1.165) is 0 Å². The predicted molar refractivity (Wildman–Crippen MR) is 76.5 cm³/mol. The molecule has 0 saturated heterocycles. The van der Waals surface area contributed by atoms with Crippen molar-refractivity contribution in [2.45, 2.75) is 12.8 Å². The molecule has 0 aromatic heterocycles. The molecule has 1 aliphatic rings. The number of carbonyl (C=O) groups is 2. The Morgan fingerprint density at radius 3 is 2.65 bits per heavy atom. The second-order valence-corrected chi connectivity index (χ2v) is 4.74. The molecular weight excluding hydrogens is 256 g/mol. The van der Waals surface area contributed by atoms with Gasteiger partial charge in [-0.15, -0.1) is 6.58 Å². The van der Waals surface area contributed by atoms with Crippen LogP contribution in [0.2, 0.25) is 0 Å². The molecule has 0 heterocycles. The number of ether oxygens (including phenoxy) is 1. The summed E-state index contributed by atoms with van der Waals surface area (Å²) in [6, 6.07) is 7.12. The minimum Gasteiger partial charge on any atom is -0.495 e. The molecule has 0 bridgehead atoms. The number of amides is 2. The van der Waals surface area contributed by atoms with E-state index in [2.05, 4.69) is 17.2 Å². The van der Waals surface area contributed by atoms with Crippen LogP contribution in [0.15, 0.2) is 36.9 Å². The molecule has 1 aromatic carbocycles. The first kappa shape index (κ1) is 14.1. The van der Waals surface area contributed by atoms with E-state index in [4.69, 9.17) is 4.74 Å². The van der Waals surface area contributed by atoms with Crippen LogP contribution in [0.5, 0.6) is 5.75 Å². The zero-order valence-electron chi connectivity index (χ0n) is 11.4. The van der Waals surface area contributed by atoms with E-state index in [0.29, 0.717) is 30.8 Å². The largest absolute Gasteiger partial charge is 0.495 e. The number of nitrogens with one attached hydrogen (secondary N) is 2. The smallest absolute Gasteiger partial charge is 0.240 e. The molecule has 1 fully saturated rings. The van der Waals surface area contributed by atoms with Gasteiger partial charge < -0.3 is 15.4 Å². The maximum atomic E-state index is 12.3. The Bertz CT molecular complexity index is 536. The quantitative estimate of drug-likeness (QED) is 0.613. The number of benzene rings is 1. The summed E-state index contributed by atoms with van der Waals surface area (Å²) < 4.78 is 5.18. The maximum Gasteiger partial charge on any atom is 0.240 e. The maximum absolute atomic E-state index is 12.3. The van der Waals surface area contributed by atoms with Crippen LogP contribution in [-0.2, 0) is 9.59 Å². The topological polar surface area (TPSA) is 67.4 Å². The summed E-state index contributed by atoms with van der Waals surface area (Å²) in [4.78, 5) is 24.3. The average Bonchev–Trinajstić information content (AvgIpc) is 3.27. The lowest BCUT2D eigenvalue weighted by atomic mass is 10.0. The van der Waals surface area contributed by atoms with Gasteiger partial charge in [0.15, 0.2) is 0 Å². The highest BCUT2D eigenvalue weighted by Crippen LogP contribution is 2.47. The van der Waals surface area contributed by atoms with E-state index < -0.39 is 5.41 Å². The van der Waals surface area contributed by atoms with Crippen molar-refractivity contribution in [3.05, 3.63) is 36.9 Å². The van der Waals surface area contributed by atoms with Crippen LogP contribution in [0.1, 0.15) is 12.8 Å². The van der Waals surface area contributed by atoms with E-state index in [1.807, 2.05) is 6.07 Å². The summed E-state index contributed by atoms with van der Waals surface area (Å²) in [6.45, 7) is 3.90. The third-order valence-corrected chi connectivity index (χ3v) is 3.38. The zero-order valence-corrected chi connectivity index (χ0v) is 11.4. The van der Waals surface area contributed by atoms with Crippen molar-refractivity contribution in [3.8, 4) is 5.75 Å². The molecule has 5 heteroatoms. The number of carbonyl (C=O) groups excluding carboxylic acids is 2. The number of hydrogen-bond donors (Lipinski definition) is 2. The SMILES string of the molecule is C=CCNC(=O)C1(C(=O)Nc2ccccc2OC)CC1. The molecule has 0 aliphatic heterocycles. The van der Waals surface area contributed by atoms with E-state index >= 15 is 0 Å². The Labute approximate surface area is 118 Å². The van der Waals surface area contributed by atoms with E-state index in [9.17, 15) is 9.59 Å². The lowest BCUT2D eigenvalue weighted by Crippen LogP contribution is -2.40. The Kier molecular flexibility index (Phi) is 4.08. The van der Waals surface area contributed by atoms with Crippen LogP contribution in [0, 0.1) is 5.41 Å². The monoisotopic (exact) mass is 274 g/mol. The van der Waals surface area contributed by atoms with E-state index in [1.54, 1.807) is 24.3 Å². The first-order valence-corrected chi connectivity index (χ1v) is 6.48. The number of methoxy groups -OCH3 is 1. The molecule has 1 aliphatic carbocycles. The number of rotatable bonds is 6. The van der Waals surface area contributed by atoms with Gasteiger partial charge in [0.05, 0.1) is 12.8 Å². The minimum absolute atomic E-state index is 0.246. The summed E-state index contributed by atoms with van der Waals surface area (Å²) in [5.74, 6) is 0.0384. The van der Waals surface area contributed by atoms with Gasteiger partial charge in [0.1, 0.15) is 11.2 Å². The fourth-order valence-electron chi connectivity index (χ4n) is 2.01. The van der Waals surface area contributed by atoms with Gasteiger partial charge in [-0.2, -0.15) is 0 Å². The minimum atomic E-state index is -0.941. The standard InChI is InChI=1S/C15H18N2O3/c1-3-10-16-13(18)15(8-9-15)14(19)17-11-6-4-5-7-12(11)20-2/h3-7H,1,8-10H2,2H3,(H,16,18)(H,17,19). The fraction of sp³-hybridized carbons (Fsp3) is 0.333. The van der Waals surface area contributed by atoms with Crippen LogP contribution in [0.25, 0.3) is 0 Å². The molecular formula is C15H18N2O3. The second-order valence-electron chi connectivity index (χ2n) is 4.74. The van der Waals surface area contributed by atoms with E-state index in [1.165, 1.54) is 7.11 Å². The molecule has 0 spiro atoms. The van der Waals surface area contributed by atoms with Crippen molar-refractivity contribution < 1.29 is 14.3 Å². The highest BCUT2D eigenvalue weighted by Gasteiger charge is 2.56. The molecule has 5 nitrogen and oxygen atoms in total. The summed E-state index contributed by atoms with van der Waals surface area (Å²) in [6.07, 6.45) is 2.72. The number of para-hydroxylation sites is 2. The first-order valence-electron chi connectivity index (χ1n) is 6.48. The summed E-state index contributed by atoms with van der Waals surface area (Å²) >= 11 is 0. The highest BCUT2D eigenvalue weighted by molar-refractivity contribution is 6.13. The molecule has 0 unspecified atom stereocenters. The average molecular weight is 274 g/mol. The Balaban J connectivity index is 2.08. The van der Waals surface area contributed by atoms with Crippen molar-refractivity contribution in [2.75, 3.05) is 19.0 Å². The van der Waals surface area contributed by atoms with Crippen molar-refractivity contribution >= 4 is 17.5 Å². The van der Waals surface area contributed by atoms with Gasteiger partial charge in [0.25, 0.3) is 0 Å². The fourth-order valence-corrected chi connectivity index (χ4v) is 2.01. The summed E-state index contributed by atoms with van der Waals surface area (Å²) in [5, 5.41) is 5.45. The van der Waals surface area contributed by atoms with Gasteiger partial charge in [0.2, 0.25) is 11.8 Å². The van der Waals surface area contributed by atoms with Gasteiger partial charge in [-0.25, -0.2) is 0 Å². The third kappa shape index (κ3) is 2.66. The predicted octanol–water partition coefficient (Wildman–Crippen LogP) is 1.72. The summed E-state index contributed by atoms with van der Waals surface area (Å²) in [7, 11) is 1.54. The molecule has 2 amide bonds. The molecule has 1 aromatic rings. The van der Waals surface area contributed by atoms with Crippen LogP contribution in [0.3, 0.4) is 0 Å². The van der Waals surface area contributed by atoms with E-state index in [-0.39, 0.29) is 11.8 Å². The van der Waals surface area contributed by atoms with Crippen LogP contribution < -0.4 is 15.4 Å². The lowest BCUT2D eigenvalue weighted by Gasteiger charge is -2.16. The second kappa shape index (κ2) is 5.77. The normalized spacial score (nSPS) is 15.1. The van der Waals surface area contributed by atoms with Gasteiger partial charge >= 0.3 is 0 Å². The molecule has 2 N–H and O–H groups in total. The van der Waals surface area contributed by atoms with Crippen molar-refractivity contribution in [1.82, 2.24) is 5.32 Å². The number of hydrogen-bond acceptors (Lipinski definition) is 3. The zero-order chi connectivity index (χ0) is 14.6. The van der Waals surface area contributed by atoms with Gasteiger partial charge in [0, 0.05) is 6.54 Å². The molecule has 20 heavy (non-hydrogen) atoms. The summed E-state index contributed by atoms with van der Waals surface area (Å²) in [5.41, 5.74) is -0.369.